The molecular weight excluding hydrogens is 512 g/mol. The number of para-hydroxylation sites is 1. The molecule has 0 saturated heterocycles. The van der Waals surface area contributed by atoms with Gasteiger partial charge in [0.25, 0.3) is 0 Å². The third-order valence-corrected chi connectivity index (χ3v) is 6.96. The van der Waals surface area contributed by atoms with Crippen molar-refractivity contribution in [1.29, 1.82) is 0 Å². The predicted molar refractivity (Wildman–Crippen MR) is 125 cm³/mol. The molecule has 1 N–H and O–H groups in total. The van der Waals surface area contributed by atoms with Crippen molar-refractivity contribution < 1.29 is 23.8 Å². The van der Waals surface area contributed by atoms with Gasteiger partial charge in [0.2, 0.25) is 18.6 Å². The van der Waals surface area contributed by atoms with E-state index in [-0.39, 0.29) is 31.8 Å². The molecule has 0 saturated carbocycles. The van der Waals surface area contributed by atoms with Crippen molar-refractivity contribution in [2.24, 2.45) is 0 Å². The standard InChI is InChI=1S/C24H16BrClN2O5/c25-13-5-6-17(16(26)7-13)27-22(29)10-28-18-4-2-1-3-14(18)24(23(28)30)11-31-19-9-21-20(8-15(19)24)32-12-33-21/h1-9H,10-12H2,(H,27,29). The van der Waals surface area contributed by atoms with Crippen LogP contribution in [-0.4, -0.2) is 31.8 Å². The van der Waals surface area contributed by atoms with Gasteiger partial charge >= 0.3 is 0 Å². The minimum atomic E-state index is -1.05. The van der Waals surface area contributed by atoms with Gasteiger partial charge in [-0.2, -0.15) is 0 Å². The highest BCUT2D eigenvalue weighted by atomic mass is 79.9. The van der Waals surface area contributed by atoms with Gasteiger partial charge in [-0.05, 0) is 35.9 Å². The van der Waals surface area contributed by atoms with Crippen LogP contribution in [-0.2, 0) is 15.0 Å². The fraction of sp³-hybridized carbons (Fsp3) is 0.167. The van der Waals surface area contributed by atoms with Crippen LogP contribution in [0.4, 0.5) is 11.4 Å². The number of hydrogen-bond acceptors (Lipinski definition) is 5. The van der Waals surface area contributed by atoms with Gasteiger partial charge in [0, 0.05) is 21.8 Å². The van der Waals surface area contributed by atoms with E-state index in [1.54, 1.807) is 24.3 Å². The van der Waals surface area contributed by atoms with E-state index in [9.17, 15) is 9.59 Å². The first-order chi connectivity index (χ1) is 16.0. The molecule has 3 aromatic carbocycles. The summed E-state index contributed by atoms with van der Waals surface area (Å²) in [5.74, 6) is 1.16. The molecule has 0 bridgehead atoms. The molecule has 1 atom stereocenters. The summed E-state index contributed by atoms with van der Waals surface area (Å²) >= 11 is 9.58. The van der Waals surface area contributed by atoms with Gasteiger partial charge < -0.3 is 24.4 Å². The molecule has 166 valence electrons. The van der Waals surface area contributed by atoms with Gasteiger partial charge in [-0.25, -0.2) is 0 Å². The molecule has 1 unspecified atom stereocenters. The van der Waals surface area contributed by atoms with Gasteiger partial charge in [0.1, 0.15) is 24.3 Å². The highest BCUT2D eigenvalue weighted by Gasteiger charge is 2.57. The number of benzene rings is 3. The molecule has 33 heavy (non-hydrogen) atoms. The zero-order valence-electron chi connectivity index (χ0n) is 17.1. The van der Waals surface area contributed by atoms with E-state index in [1.807, 2.05) is 30.3 Å². The van der Waals surface area contributed by atoms with Crippen LogP contribution >= 0.6 is 27.5 Å². The number of hydrogen-bond donors (Lipinski definition) is 1. The number of carbonyl (C=O) groups is 2. The average Bonchev–Trinajstić information content (AvgIpc) is 3.47. The molecule has 3 aromatic rings. The Hall–Kier alpha value is -3.23. The number of rotatable bonds is 3. The largest absolute Gasteiger partial charge is 0.491 e. The Labute approximate surface area is 202 Å². The van der Waals surface area contributed by atoms with Gasteiger partial charge in [0.05, 0.1) is 10.7 Å². The lowest BCUT2D eigenvalue weighted by Gasteiger charge is -2.23. The maximum absolute atomic E-state index is 13.9. The second-order valence-corrected chi connectivity index (χ2v) is 9.30. The SMILES string of the molecule is O=C(CN1C(=O)C2(COc3cc4c(cc32)OCO4)c2ccccc21)Nc1ccc(Br)cc1Cl. The molecule has 7 nitrogen and oxygen atoms in total. The number of anilines is 2. The first-order valence-corrected chi connectivity index (χ1v) is 11.4. The van der Waals surface area contributed by atoms with Crippen LogP contribution in [0.5, 0.6) is 17.2 Å². The second-order valence-electron chi connectivity index (χ2n) is 7.98. The smallest absolute Gasteiger partial charge is 0.246 e. The fourth-order valence-corrected chi connectivity index (χ4v) is 5.37. The number of nitrogens with zero attached hydrogens (tertiary/aromatic N) is 1. The molecule has 1 spiro atoms. The highest BCUT2D eigenvalue weighted by molar-refractivity contribution is 9.10. The molecule has 3 aliphatic rings. The number of amides is 2. The first kappa shape index (κ1) is 20.4. The lowest BCUT2D eigenvalue weighted by Crippen LogP contribution is -2.45. The van der Waals surface area contributed by atoms with Crippen LogP contribution in [0.3, 0.4) is 0 Å². The Morgan fingerprint density at radius 1 is 1.03 bits per heavy atom. The third kappa shape index (κ3) is 3.01. The minimum absolute atomic E-state index is 0.126. The Balaban J connectivity index is 1.36. The zero-order valence-corrected chi connectivity index (χ0v) is 19.4. The molecule has 6 rings (SSSR count). The van der Waals surface area contributed by atoms with Gasteiger partial charge in [-0.15, -0.1) is 0 Å². The van der Waals surface area contributed by atoms with E-state index in [1.165, 1.54) is 4.90 Å². The summed E-state index contributed by atoms with van der Waals surface area (Å²) in [7, 11) is 0. The minimum Gasteiger partial charge on any atom is -0.491 e. The number of nitrogens with one attached hydrogen (secondary N) is 1. The van der Waals surface area contributed by atoms with E-state index in [2.05, 4.69) is 21.2 Å². The highest BCUT2D eigenvalue weighted by Crippen LogP contribution is 2.54. The number of fused-ring (bicyclic) bond motifs is 5. The topological polar surface area (TPSA) is 77.1 Å². The molecular formula is C24H16BrClN2O5. The molecule has 3 heterocycles. The van der Waals surface area contributed by atoms with Gasteiger partial charge in [0.15, 0.2) is 11.5 Å². The summed E-state index contributed by atoms with van der Waals surface area (Å²) in [6.45, 7) is 0.0995. The Morgan fingerprint density at radius 2 is 1.82 bits per heavy atom. The lowest BCUT2D eigenvalue weighted by atomic mass is 9.77. The van der Waals surface area contributed by atoms with Crippen molar-refractivity contribution in [3.8, 4) is 17.2 Å². The van der Waals surface area contributed by atoms with Crippen molar-refractivity contribution in [3.63, 3.8) is 0 Å². The van der Waals surface area contributed by atoms with E-state index in [0.29, 0.717) is 39.2 Å². The first-order valence-electron chi connectivity index (χ1n) is 10.2. The van der Waals surface area contributed by atoms with Crippen LogP contribution < -0.4 is 24.4 Å². The molecule has 0 fully saturated rings. The third-order valence-electron chi connectivity index (χ3n) is 6.15. The Morgan fingerprint density at radius 3 is 2.64 bits per heavy atom. The van der Waals surface area contributed by atoms with Gasteiger partial charge in [-0.1, -0.05) is 45.7 Å². The number of ether oxygens (including phenoxy) is 3. The monoisotopic (exact) mass is 526 g/mol. The maximum atomic E-state index is 13.9. The van der Waals surface area contributed by atoms with E-state index in [0.717, 1.165) is 10.0 Å². The molecule has 0 aliphatic carbocycles. The van der Waals surface area contributed by atoms with Crippen LogP contribution in [0.25, 0.3) is 0 Å². The summed E-state index contributed by atoms with van der Waals surface area (Å²) < 4.78 is 17.8. The molecule has 0 aromatic heterocycles. The van der Waals surface area contributed by atoms with Crippen LogP contribution in [0, 0.1) is 0 Å². The van der Waals surface area contributed by atoms with Crippen molar-refractivity contribution in [1.82, 2.24) is 0 Å². The van der Waals surface area contributed by atoms with Crippen LogP contribution in [0.1, 0.15) is 11.1 Å². The summed E-state index contributed by atoms with van der Waals surface area (Å²) in [5.41, 5.74) is 1.60. The normalized spacial score (nSPS) is 19.5. The van der Waals surface area contributed by atoms with E-state index in [4.69, 9.17) is 25.8 Å². The van der Waals surface area contributed by atoms with Crippen molar-refractivity contribution in [2.75, 3.05) is 30.2 Å². The number of carbonyl (C=O) groups excluding carboxylic acids is 2. The van der Waals surface area contributed by atoms with Gasteiger partial charge in [-0.3, -0.25) is 9.59 Å². The maximum Gasteiger partial charge on any atom is 0.246 e. The van der Waals surface area contributed by atoms with Crippen molar-refractivity contribution in [3.05, 3.63) is 75.2 Å². The Bertz CT molecular complexity index is 1350. The summed E-state index contributed by atoms with van der Waals surface area (Å²) in [6, 6.07) is 16.2. The van der Waals surface area contributed by atoms with E-state index < -0.39 is 5.41 Å². The fourth-order valence-electron chi connectivity index (χ4n) is 4.65. The Kier molecular flexibility index (Phi) is 4.57. The summed E-state index contributed by atoms with van der Waals surface area (Å²) in [4.78, 5) is 28.3. The number of halogens is 2. The lowest BCUT2D eigenvalue weighted by molar-refractivity contribution is -0.124. The summed E-state index contributed by atoms with van der Waals surface area (Å²) in [5, 5.41) is 3.19. The molecule has 2 amide bonds. The zero-order chi connectivity index (χ0) is 22.7. The molecule has 9 heteroatoms. The molecule has 0 radical (unpaired) electrons. The average molecular weight is 528 g/mol. The predicted octanol–water partition coefficient (Wildman–Crippen LogP) is 4.50. The van der Waals surface area contributed by atoms with Crippen molar-refractivity contribution >= 4 is 50.7 Å². The van der Waals surface area contributed by atoms with Crippen LogP contribution in [0.15, 0.2) is 59.1 Å². The second kappa shape index (κ2) is 7.40. The van der Waals surface area contributed by atoms with Crippen LogP contribution in [0.2, 0.25) is 5.02 Å². The summed E-state index contributed by atoms with van der Waals surface area (Å²) in [6.07, 6.45) is 0. The molecule has 3 aliphatic heterocycles. The van der Waals surface area contributed by atoms with E-state index >= 15 is 0 Å². The van der Waals surface area contributed by atoms with Crippen molar-refractivity contribution in [2.45, 2.75) is 5.41 Å². The quantitative estimate of drug-likeness (QED) is 0.543.